The number of carbonyl (C=O) groups is 1. The van der Waals surface area contributed by atoms with E-state index in [9.17, 15) is 4.79 Å². The minimum atomic E-state index is -0.126. The Labute approximate surface area is 156 Å². The second kappa shape index (κ2) is 6.07. The number of aromatic nitrogens is 5. The summed E-state index contributed by atoms with van der Waals surface area (Å²) in [4.78, 5) is 20.8. The molecule has 2 unspecified atom stereocenters. The summed E-state index contributed by atoms with van der Waals surface area (Å²) < 4.78 is 10.2. The molecule has 0 radical (unpaired) electrons. The fourth-order valence-electron chi connectivity index (χ4n) is 3.61. The Balaban J connectivity index is 1.51. The van der Waals surface area contributed by atoms with Crippen LogP contribution in [0.15, 0.2) is 24.8 Å². The van der Waals surface area contributed by atoms with Gasteiger partial charge in [0.25, 0.3) is 0 Å². The van der Waals surface area contributed by atoms with E-state index in [2.05, 4.69) is 15.4 Å². The maximum atomic E-state index is 11.5. The second-order valence-corrected chi connectivity index (χ2v) is 7.57. The smallest absolute Gasteiger partial charge is 0.241 e. The van der Waals surface area contributed by atoms with Gasteiger partial charge in [-0.1, -0.05) is 0 Å². The Morgan fingerprint density at radius 2 is 2.22 bits per heavy atom. The average molecular weight is 366 g/mol. The first-order chi connectivity index (χ1) is 13.1. The standard InChI is InChI=1S/C19H22N6O2/c1-11(12-5-17(26)20-7-12)27-19-18-16(21-10-24(18)2)6-15(23-19)13-8-22-25(9-13)14-3-4-14/h6,8-12,14H,3-5,7H2,1-2H3,(H,20,26). The summed E-state index contributed by atoms with van der Waals surface area (Å²) in [6.07, 6.45) is 8.40. The molecule has 140 valence electrons. The van der Waals surface area contributed by atoms with Crippen LogP contribution in [0.4, 0.5) is 0 Å². The number of ether oxygens (including phenoxy) is 1. The monoisotopic (exact) mass is 366 g/mol. The molecule has 3 aromatic rings. The van der Waals surface area contributed by atoms with Crippen LogP contribution in [-0.2, 0) is 11.8 Å². The lowest BCUT2D eigenvalue weighted by molar-refractivity contribution is -0.119. The highest BCUT2D eigenvalue weighted by molar-refractivity contribution is 5.84. The van der Waals surface area contributed by atoms with Crippen molar-refractivity contribution in [2.45, 2.75) is 38.3 Å². The molecule has 5 rings (SSSR count). The van der Waals surface area contributed by atoms with Crippen molar-refractivity contribution in [1.29, 1.82) is 0 Å². The van der Waals surface area contributed by atoms with Gasteiger partial charge in [0.1, 0.15) is 11.6 Å². The lowest BCUT2D eigenvalue weighted by atomic mass is 10.0. The fraction of sp³-hybridized carbons (Fsp3) is 0.474. The first kappa shape index (κ1) is 16.3. The molecule has 1 amide bonds. The molecule has 1 aliphatic carbocycles. The summed E-state index contributed by atoms with van der Waals surface area (Å²) in [5, 5.41) is 7.33. The summed E-state index contributed by atoms with van der Waals surface area (Å²) in [7, 11) is 1.93. The van der Waals surface area contributed by atoms with Crippen molar-refractivity contribution in [3.63, 3.8) is 0 Å². The Morgan fingerprint density at radius 3 is 2.96 bits per heavy atom. The van der Waals surface area contributed by atoms with Crippen molar-refractivity contribution in [3.05, 3.63) is 24.8 Å². The van der Waals surface area contributed by atoms with Crippen molar-refractivity contribution >= 4 is 16.9 Å². The molecule has 1 saturated carbocycles. The molecule has 0 spiro atoms. The van der Waals surface area contributed by atoms with Crippen LogP contribution in [0.25, 0.3) is 22.3 Å². The lowest BCUT2D eigenvalue weighted by Gasteiger charge is -2.20. The summed E-state index contributed by atoms with van der Waals surface area (Å²) in [6, 6.07) is 2.50. The van der Waals surface area contributed by atoms with Gasteiger partial charge in [0, 0.05) is 37.7 Å². The number of aryl methyl sites for hydroxylation is 1. The lowest BCUT2D eigenvalue weighted by Crippen LogP contribution is -2.26. The largest absolute Gasteiger partial charge is 0.473 e. The van der Waals surface area contributed by atoms with Gasteiger partial charge in [-0.25, -0.2) is 9.97 Å². The van der Waals surface area contributed by atoms with Gasteiger partial charge in [-0.3, -0.25) is 9.48 Å². The van der Waals surface area contributed by atoms with E-state index in [1.807, 2.05) is 41.7 Å². The van der Waals surface area contributed by atoms with E-state index >= 15 is 0 Å². The van der Waals surface area contributed by atoms with Crippen LogP contribution in [0.3, 0.4) is 0 Å². The molecular weight excluding hydrogens is 344 g/mol. The van der Waals surface area contributed by atoms with E-state index in [1.165, 1.54) is 12.8 Å². The van der Waals surface area contributed by atoms with Crippen LogP contribution in [0.5, 0.6) is 5.88 Å². The highest BCUT2D eigenvalue weighted by atomic mass is 16.5. The number of amides is 1. The molecule has 1 N–H and O–H groups in total. The zero-order chi connectivity index (χ0) is 18.5. The van der Waals surface area contributed by atoms with Gasteiger partial charge >= 0.3 is 0 Å². The Hall–Kier alpha value is -2.90. The van der Waals surface area contributed by atoms with Crippen LogP contribution in [0, 0.1) is 5.92 Å². The van der Waals surface area contributed by atoms with Gasteiger partial charge < -0.3 is 14.6 Å². The van der Waals surface area contributed by atoms with Gasteiger partial charge in [0.05, 0.1) is 29.8 Å². The molecule has 8 nitrogen and oxygen atoms in total. The normalized spacial score (nSPS) is 20.8. The summed E-state index contributed by atoms with van der Waals surface area (Å²) in [5.41, 5.74) is 3.46. The van der Waals surface area contributed by atoms with Crippen molar-refractivity contribution in [2.24, 2.45) is 13.0 Å². The maximum Gasteiger partial charge on any atom is 0.241 e. The quantitative estimate of drug-likeness (QED) is 0.747. The molecule has 0 bridgehead atoms. The predicted octanol–water partition coefficient (Wildman–Crippen LogP) is 2.07. The number of hydrogen-bond acceptors (Lipinski definition) is 5. The summed E-state index contributed by atoms with van der Waals surface area (Å²) >= 11 is 0. The third-order valence-corrected chi connectivity index (χ3v) is 5.45. The number of rotatable bonds is 5. The average Bonchev–Trinajstić information content (AvgIpc) is 3.05. The van der Waals surface area contributed by atoms with E-state index in [1.54, 1.807) is 6.33 Å². The zero-order valence-electron chi connectivity index (χ0n) is 15.4. The van der Waals surface area contributed by atoms with Crippen molar-refractivity contribution in [2.75, 3.05) is 6.54 Å². The van der Waals surface area contributed by atoms with Gasteiger partial charge in [-0.15, -0.1) is 0 Å². The van der Waals surface area contributed by atoms with Gasteiger partial charge in [0.15, 0.2) is 0 Å². The van der Waals surface area contributed by atoms with Gasteiger partial charge in [-0.2, -0.15) is 5.10 Å². The van der Waals surface area contributed by atoms with E-state index < -0.39 is 0 Å². The molecule has 27 heavy (non-hydrogen) atoms. The molecule has 2 fully saturated rings. The number of imidazole rings is 1. The fourth-order valence-corrected chi connectivity index (χ4v) is 3.61. The van der Waals surface area contributed by atoms with E-state index in [0.717, 1.165) is 22.3 Å². The van der Waals surface area contributed by atoms with Crippen LogP contribution < -0.4 is 10.1 Å². The second-order valence-electron chi connectivity index (χ2n) is 7.57. The Bertz CT molecular complexity index is 1020. The minimum Gasteiger partial charge on any atom is -0.473 e. The van der Waals surface area contributed by atoms with E-state index in [4.69, 9.17) is 9.72 Å². The number of nitrogens with zero attached hydrogens (tertiary/aromatic N) is 5. The van der Waals surface area contributed by atoms with E-state index in [0.29, 0.717) is 24.9 Å². The third kappa shape index (κ3) is 2.94. The molecule has 1 saturated heterocycles. The van der Waals surface area contributed by atoms with Crippen LogP contribution in [-0.4, -0.2) is 42.9 Å². The van der Waals surface area contributed by atoms with Crippen LogP contribution >= 0.6 is 0 Å². The topological polar surface area (TPSA) is 86.9 Å². The molecule has 8 heteroatoms. The highest BCUT2D eigenvalue weighted by Crippen LogP contribution is 2.36. The number of hydrogen-bond donors (Lipinski definition) is 1. The number of carbonyl (C=O) groups excluding carboxylic acids is 1. The zero-order valence-corrected chi connectivity index (χ0v) is 15.4. The van der Waals surface area contributed by atoms with Crippen molar-refractivity contribution in [1.82, 2.24) is 29.6 Å². The number of fused-ring (bicyclic) bond motifs is 1. The first-order valence-corrected chi connectivity index (χ1v) is 9.38. The molecule has 2 atom stereocenters. The summed E-state index contributed by atoms with van der Waals surface area (Å²) in [6.45, 7) is 2.63. The first-order valence-electron chi connectivity index (χ1n) is 9.38. The van der Waals surface area contributed by atoms with Crippen molar-refractivity contribution in [3.8, 4) is 17.1 Å². The third-order valence-electron chi connectivity index (χ3n) is 5.45. The van der Waals surface area contributed by atoms with Gasteiger partial charge in [0.2, 0.25) is 11.8 Å². The minimum absolute atomic E-state index is 0.0790. The SMILES string of the molecule is CC(Oc1nc(-c2cnn(C3CC3)c2)cc2ncn(C)c12)C1CNC(=O)C1. The molecular formula is C19H22N6O2. The highest BCUT2D eigenvalue weighted by Gasteiger charge is 2.29. The van der Waals surface area contributed by atoms with E-state index in [-0.39, 0.29) is 17.9 Å². The molecule has 0 aromatic carbocycles. The van der Waals surface area contributed by atoms with Gasteiger partial charge in [-0.05, 0) is 25.8 Å². The molecule has 4 heterocycles. The summed E-state index contributed by atoms with van der Waals surface area (Å²) in [5.74, 6) is 0.771. The molecule has 3 aromatic heterocycles. The predicted molar refractivity (Wildman–Crippen MR) is 99.2 cm³/mol. The van der Waals surface area contributed by atoms with Crippen LogP contribution in [0.1, 0.15) is 32.2 Å². The Kier molecular flexibility index (Phi) is 3.66. The number of nitrogens with one attached hydrogen (secondary N) is 1. The van der Waals surface area contributed by atoms with Crippen LogP contribution in [0.2, 0.25) is 0 Å². The maximum absolute atomic E-state index is 11.5. The Morgan fingerprint density at radius 1 is 1.37 bits per heavy atom. The number of pyridine rings is 1. The van der Waals surface area contributed by atoms with Crippen molar-refractivity contribution < 1.29 is 9.53 Å². The molecule has 2 aliphatic rings. The molecule has 1 aliphatic heterocycles.